The molecule has 54 valence electrons. The van der Waals surface area contributed by atoms with Crippen molar-refractivity contribution in [3.05, 3.63) is 0 Å². The first-order valence-electron chi connectivity index (χ1n) is 3.27. The number of aliphatic hydroxyl groups is 1. The van der Waals surface area contributed by atoms with Gasteiger partial charge in [0, 0.05) is 0 Å². The van der Waals surface area contributed by atoms with E-state index in [2.05, 4.69) is 12.6 Å². The van der Waals surface area contributed by atoms with E-state index in [0.29, 0.717) is 0 Å². The van der Waals surface area contributed by atoms with Gasteiger partial charge in [0.15, 0.2) is 0 Å². The summed E-state index contributed by atoms with van der Waals surface area (Å²) in [6.45, 7) is 0.136. The molecule has 9 heavy (non-hydrogen) atoms. The summed E-state index contributed by atoms with van der Waals surface area (Å²) in [6.07, 6.45) is 3.16. The molecule has 1 fully saturated rings. The maximum absolute atomic E-state index is 8.65. The van der Waals surface area contributed by atoms with Crippen molar-refractivity contribution in [2.24, 2.45) is 0 Å². The van der Waals surface area contributed by atoms with Crippen LogP contribution in [-0.2, 0) is 4.74 Å². The van der Waals surface area contributed by atoms with Gasteiger partial charge in [0.25, 0.3) is 0 Å². The van der Waals surface area contributed by atoms with Crippen LogP contribution < -0.4 is 0 Å². The normalized spacial score (nSPS) is 36.7. The zero-order chi connectivity index (χ0) is 6.69. The Bertz CT molecular complexity index is 87.1. The maximum Gasteiger partial charge on any atom is 0.100 e. The van der Waals surface area contributed by atoms with Crippen LogP contribution in [0.4, 0.5) is 0 Å². The van der Waals surface area contributed by atoms with Gasteiger partial charge in [-0.05, 0) is 19.3 Å². The Morgan fingerprint density at radius 1 is 1.56 bits per heavy atom. The van der Waals surface area contributed by atoms with Gasteiger partial charge in [-0.3, -0.25) is 0 Å². The number of ether oxygens (including phenoxy) is 1. The van der Waals surface area contributed by atoms with E-state index in [1.165, 1.54) is 0 Å². The third-order valence-electron chi connectivity index (χ3n) is 1.53. The lowest BCUT2D eigenvalue weighted by Gasteiger charge is -2.25. The molecule has 3 heteroatoms. The molecule has 0 aliphatic carbocycles. The van der Waals surface area contributed by atoms with Crippen LogP contribution >= 0.6 is 12.6 Å². The molecule has 0 aromatic heterocycles. The minimum atomic E-state index is 0.0428. The topological polar surface area (TPSA) is 29.5 Å². The van der Waals surface area contributed by atoms with E-state index in [1.807, 2.05) is 0 Å². The molecule has 0 amide bonds. The van der Waals surface area contributed by atoms with E-state index in [4.69, 9.17) is 9.84 Å². The van der Waals surface area contributed by atoms with Gasteiger partial charge in [-0.2, -0.15) is 0 Å². The van der Waals surface area contributed by atoms with E-state index in [0.717, 1.165) is 19.3 Å². The molecule has 0 radical (unpaired) electrons. The molecule has 1 unspecified atom stereocenters. The van der Waals surface area contributed by atoms with Crippen LogP contribution in [0.3, 0.4) is 0 Å². The molecule has 0 aromatic carbocycles. The van der Waals surface area contributed by atoms with Gasteiger partial charge in [-0.1, -0.05) is 0 Å². The first kappa shape index (κ1) is 7.38. The van der Waals surface area contributed by atoms with Gasteiger partial charge in [0.2, 0.25) is 0 Å². The Hall–Kier alpha value is 0.270. The summed E-state index contributed by atoms with van der Waals surface area (Å²) in [5, 5.41) is 8.65. The van der Waals surface area contributed by atoms with Gasteiger partial charge in [-0.25, -0.2) is 0 Å². The van der Waals surface area contributed by atoms with Crippen LogP contribution in [-0.4, -0.2) is 23.3 Å². The van der Waals surface area contributed by atoms with Crippen LogP contribution in [0.15, 0.2) is 0 Å². The second-order valence-corrected chi connectivity index (χ2v) is 2.90. The fraction of sp³-hybridized carbons (Fsp3) is 1.00. The van der Waals surface area contributed by atoms with Crippen molar-refractivity contribution < 1.29 is 9.84 Å². The molecule has 1 heterocycles. The minimum Gasteiger partial charge on any atom is -0.394 e. The predicted molar refractivity (Wildman–Crippen MR) is 38.6 cm³/mol. The Balaban J connectivity index is 2.23. The summed E-state index contributed by atoms with van der Waals surface area (Å²) >= 11 is 4.14. The average Bonchev–Trinajstić information content (AvgIpc) is 1.88. The van der Waals surface area contributed by atoms with Crippen molar-refractivity contribution >= 4 is 12.6 Å². The first-order valence-corrected chi connectivity index (χ1v) is 3.79. The Morgan fingerprint density at radius 3 is 2.78 bits per heavy atom. The molecule has 2 atom stereocenters. The lowest BCUT2D eigenvalue weighted by Crippen LogP contribution is -2.26. The summed E-state index contributed by atoms with van der Waals surface area (Å²) in [5.41, 5.74) is 0.0518. The summed E-state index contributed by atoms with van der Waals surface area (Å²) in [5.74, 6) is 0. The van der Waals surface area contributed by atoms with E-state index in [-0.39, 0.29) is 18.1 Å². The van der Waals surface area contributed by atoms with Crippen molar-refractivity contribution in [3.63, 3.8) is 0 Å². The monoisotopic (exact) mass is 148 g/mol. The summed E-state index contributed by atoms with van der Waals surface area (Å²) in [6, 6.07) is 0. The summed E-state index contributed by atoms with van der Waals surface area (Å²) in [4.78, 5) is 0. The molecule has 0 aromatic rings. The van der Waals surface area contributed by atoms with Crippen LogP contribution in [0.5, 0.6) is 0 Å². The van der Waals surface area contributed by atoms with E-state index >= 15 is 0 Å². The quantitative estimate of drug-likeness (QED) is 0.539. The molecule has 2 nitrogen and oxygen atoms in total. The zero-order valence-corrected chi connectivity index (χ0v) is 6.18. The van der Waals surface area contributed by atoms with Crippen LogP contribution in [0.2, 0.25) is 0 Å². The van der Waals surface area contributed by atoms with E-state index in [1.54, 1.807) is 0 Å². The van der Waals surface area contributed by atoms with Gasteiger partial charge in [-0.15, -0.1) is 12.6 Å². The molecular formula is C6H12O2S. The summed E-state index contributed by atoms with van der Waals surface area (Å²) < 4.78 is 5.25. The molecular weight excluding hydrogens is 136 g/mol. The highest BCUT2D eigenvalue weighted by atomic mass is 32.1. The van der Waals surface area contributed by atoms with E-state index in [9.17, 15) is 0 Å². The van der Waals surface area contributed by atoms with Crippen molar-refractivity contribution in [2.45, 2.75) is 30.8 Å². The SMILES string of the molecule is OCC1CCC[C@H](S)O1. The number of aliphatic hydroxyl groups excluding tert-OH is 1. The zero-order valence-electron chi connectivity index (χ0n) is 5.29. The third kappa shape index (κ3) is 2.16. The van der Waals surface area contributed by atoms with Crippen molar-refractivity contribution in [1.29, 1.82) is 0 Å². The van der Waals surface area contributed by atoms with Crippen LogP contribution in [0, 0.1) is 0 Å². The molecule has 1 aliphatic rings. The second kappa shape index (κ2) is 3.44. The number of thiol groups is 1. The van der Waals surface area contributed by atoms with Gasteiger partial charge >= 0.3 is 0 Å². The molecule has 0 saturated carbocycles. The van der Waals surface area contributed by atoms with Crippen LogP contribution in [0.25, 0.3) is 0 Å². The molecule has 0 spiro atoms. The Labute approximate surface area is 60.6 Å². The fourth-order valence-corrected chi connectivity index (χ4v) is 1.37. The molecule has 1 rings (SSSR count). The highest BCUT2D eigenvalue weighted by molar-refractivity contribution is 7.80. The molecule has 1 aliphatic heterocycles. The predicted octanol–water partition coefficient (Wildman–Crippen LogP) is 0.804. The minimum absolute atomic E-state index is 0.0428. The van der Waals surface area contributed by atoms with Crippen molar-refractivity contribution in [3.8, 4) is 0 Å². The smallest absolute Gasteiger partial charge is 0.100 e. The third-order valence-corrected chi connectivity index (χ3v) is 1.91. The van der Waals surface area contributed by atoms with Crippen molar-refractivity contribution in [1.82, 2.24) is 0 Å². The molecule has 1 N–H and O–H groups in total. The average molecular weight is 148 g/mol. The van der Waals surface area contributed by atoms with Crippen molar-refractivity contribution in [2.75, 3.05) is 6.61 Å². The summed E-state index contributed by atoms with van der Waals surface area (Å²) in [7, 11) is 0. The lowest BCUT2D eigenvalue weighted by atomic mass is 10.1. The molecule has 0 bridgehead atoms. The maximum atomic E-state index is 8.65. The number of rotatable bonds is 1. The highest BCUT2D eigenvalue weighted by Gasteiger charge is 2.17. The largest absolute Gasteiger partial charge is 0.394 e. The number of hydrogen-bond donors (Lipinski definition) is 2. The lowest BCUT2D eigenvalue weighted by molar-refractivity contribution is -0.0325. The van der Waals surface area contributed by atoms with E-state index < -0.39 is 0 Å². The van der Waals surface area contributed by atoms with Gasteiger partial charge in [0.1, 0.15) is 5.44 Å². The highest BCUT2D eigenvalue weighted by Crippen LogP contribution is 2.20. The van der Waals surface area contributed by atoms with Gasteiger partial charge < -0.3 is 9.84 Å². The Morgan fingerprint density at radius 2 is 2.33 bits per heavy atom. The van der Waals surface area contributed by atoms with Crippen LogP contribution in [0.1, 0.15) is 19.3 Å². The Kier molecular flexibility index (Phi) is 2.82. The standard InChI is InChI=1S/C6H12O2S/c7-4-5-2-1-3-6(9)8-5/h5-7,9H,1-4H2/t5?,6-/m0/s1. The first-order chi connectivity index (χ1) is 4.33. The molecule has 1 saturated heterocycles. The second-order valence-electron chi connectivity index (χ2n) is 2.33. The van der Waals surface area contributed by atoms with Gasteiger partial charge in [0.05, 0.1) is 12.7 Å². The number of hydrogen-bond acceptors (Lipinski definition) is 3. The fourth-order valence-electron chi connectivity index (χ4n) is 1.01.